The van der Waals surface area contributed by atoms with Gasteiger partial charge < -0.3 is 11.1 Å². The first-order valence-electron chi connectivity index (χ1n) is 5.80. The van der Waals surface area contributed by atoms with E-state index >= 15 is 0 Å². The fourth-order valence-corrected chi connectivity index (χ4v) is 1.73. The molecule has 1 rings (SSSR count). The molecule has 0 saturated heterocycles. The van der Waals surface area contributed by atoms with Gasteiger partial charge in [-0.05, 0) is 37.6 Å². The molecule has 0 bridgehead atoms. The van der Waals surface area contributed by atoms with E-state index in [2.05, 4.69) is 19.2 Å². The lowest BCUT2D eigenvalue weighted by Gasteiger charge is -2.14. The van der Waals surface area contributed by atoms with Gasteiger partial charge in [0.15, 0.2) is 0 Å². The number of nitrogens with two attached hydrogens (primary N) is 1. The van der Waals surface area contributed by atoms with Gasteiger partial charge in [0.1, 0.15) is 4.99 Å². The average molecular weight is 236 g/mol. The maximum atomic E-state index is 5.54. The molecule has 1 unspecified atom stereocenters. The minimum Gasteiger partial charge on any atom is -0.389 e. The third-order valence-corrected chi connectivity index (χ3v) is 2.81. The van der Waals surface area contributed by atoms with Crippen LogP contribution >= 0.6 is 12.2 Å². The minimum absolute atomic E-state index is 0.450. The van der Waals surface area contributed by atoms with Crippen LogP contribution in [-0.4, -0.2) is 11.0 Å². The molecule has 1 aromatic carbocycles. The summed E-state index contributed by atoms with van der Waals surface area (Å²) in [5.41, 5.74) is 7.59. The fourth-order valence-electron chi connectivity index (χ4n) is 1.60. The Bertz CT molecular complexity index is 332. The molecule has 3 N–H and O–H groups in total. The van der Waals surface area contributed by atoms with Gasteiger partial charge in [-0.1, -0.05) is 32.0 Å². The zero-order valence-corrected chi connectivity index (χ0v) is 10.8. The SMILES string of the molecule is CCCCC(C)Nc1ccc(C(N)=S)cc1. The predicted octanol–water partition coefficient (Wildman–Crippen LogP) is 3.31. The van der Waals surface area contributed by atoms with E-state index in [4.69, 9.17) is 18.0 Å². The van der Waals surface area contributed by atoms with Crippen molar-refractivity contribution in [1.82, 2.24) is 0 Å². The van der Waals surface area contributed by atoms with Gasteiger partial charge in [-0.25, -0.2) is 0 Å². The third-order valence-electron chi connectivity index (χ3n) is 2.57. The highest BCUT2D eigenvalue weighted by atomic mass is 32.1. The van der Waals surface area contributed by atoms with Gasteiger partial charge in [-0.2, -0.15) is 0 Å². The van der Waals surface area contributed by atoms with Gasteiger partial charge in [-0.15, -0.1) is 0 Å². The van der Waals surface area contributed by atoms with E-state index in [1.165, 1.54) is 19.3 Å². The molecule has 0 aliphatic heterocycles. The van der Waals surface area contributed by atoms with Crippen molar-refractivity contribution in [2.24, 2.45) is 5.73 Å². The molecule has 0 heterocycles. The number of nitrogens with one attached hydrogen (secondary N) is 1. The lowest BCUT2D eigenvalue weighted by Crippen LogP contribution is -2.15. The number of hydrogen-bond donors (Lipinski definition) is 2. The number of hydrogen-bond acceptors (Lipinski definition) is 2. The summed E-state index contributed by atoms with van der Waals surface area (Å²) in [5.74, 6) is 0. The summed E-state index contributed by atoms with van der Waals surface area (Å²) in [6, 6.07) is 8.47. The highest BCUT2D eigenvalue weighted by Gasteiger charge is 2.01. The minimum atomic E-state index is 0.450. The molecule has 88 valence electrons. The molecule has 0 amide bonds. The largest absolute Gasteiger partial charge is 0.389 e. The van der Waals surface area contributed by atoms with Crippen LogP contribution in [0.4, 0.5) is 5.69 Å². The van der Waals surface area contributed by atoms with E-state index in [0.29, 0.717) is 11.0 Å². The summed E-state index contributed by atoms with van der Waals surface area (Å²) in [4.78, 5) is 0.450. The Morgan fingerprint density at radius 2 is 2.00 bits per heavy atom. The molecule has 0 radical (unpaired) electrons. The van der Waals surface area contributed by atoms with Gasteiger partial charge in [0, 0.05) is 17.3 Å². The molecule has 0 saturated carbocycles. The molecule has 0 aliphatic carbocycles. The van der Waals surface area contributed by atoms with Crippen molar-refractivity contribution in [2.75, 3.05) is 5.32 Å². The van der Waals surface area contributed by atoms with Crippen LogP contribution in [0.15, 0.2) is 24.3 Å². The Labute approximate surface area is 103 Å². The molecule has 16 heavy (non-hydrogen) atoms. The van der Waals surface area contributed by atoms with E-state index in [-0.39, 0.29) is 0 Å². The lowest BCUT2D eigenvalue weighted by atomic mass is 10.1. The van der Waals surface area contributed by atoms with E-state index in [0.717, 1.165) is 11.3 Å². The van der Waals surface area contributed by atoms with Gasteiger partial charge in [0.25, 0.3) is 0 Å². The molecule has 0 fully saturated rings. The quantitative estimate of drug-likeness (QED) is 0.744. The summed E-state index contributed by atoms with van der Waals surface area (Å²) in [7, 11) is 0. The maximum Gasteiger partial charge on any atom is 0.103 e. The summed E-state index contributed by atoms with van der Waals surface area (Å²) in [6.07, 6.45) is 3.71. The van der Waals surface area contributed by atoms with Crippen molar-refractivity contribution < 1.29 is 0 Å². The molecular formula is C13H20N2S. The first-order chi connectivity index (χ1) is 7.63. The van der Waals surface area contributed by atoms with E-state index in [1.807, 2.05) is 24.3 Å². The number of benzene rings is 1. The summed E-state index contributed by atoms with van der Waals surface area (Å²) in [6.45, 7) is 4.42. The lowest BCUT2D eigenvalue weighted by molar-refractivity contribution is 0.645. The average Bonchev–Trinajstić information content (AvgIpc) is 2.27. The molecule has 1 atom stereocenters. The van der Waals surface area contributed by atoms with Crippen LogP contribution in [0.5, 0.6) is 0 Å². The van der Waals surface area contributed by atoms with Crippen LogP contribution in [0.1, 0.15) is 38.7 Å². The molecule has 0 aromatic heterocycles. The Hall–Kier alpha value is -1.09. The Balaban J connectivity index is 2.51. The number of thiocarbonyl (C=S) groups is 1. The normalized spacial score (nSPS) is 12.1. The van der Waals surface area contributed by atoms with Gasteiger partial charge in [-0.3, -0.25) is 0 Å². The maximum absolute atomic E-state index is 5.54. The Morgan fingerprint density at radius 1 is 1.38 bits per heavy atom. The van der Waals surface area contributed by atoms with Crippen molar-refractivity contribution >= 4 is 22.9 Å². The fraction of sp³-hybridized carbons (Fsp3) is 0.462. The van der Waals surface area contributed by atoms with Crippen LogP contribution < -0.4 is 11.1 Å². The highest BCUT2D eigenvalue weighted by Crippen LogP contribution is 2.12. The Kier molecular flexibility index (Phi) is 5.26. The van der Waals surface area contributed by atoms with Crippen LogP contribution in [0.3, 0.4) is 0 Å². The number of rotatable bonds is 6. The molecule has 1 aromatic rings. The number of unbranched alkanes of at least 4 members (excludes halogenated alkanes) is 1. The van der Waals surface area contributed by atoms with Crippen molar-refractivity contribution in [2.45, 2.75) is 39.2 Å². The zero-order chi connectivity index (χ0) is 12.0. The van der Waals surface area contributed by atoms with Crippen molar-refractivity contribution in [3.8, 4) is 0 Å². The van der Waals surface area contributed by atoms with E-state index < -0.39 is 0 Å². The van der Waals surface area contributed by atoms with Gasteiger partial charge >= 0.3 is 0 Å². The Morgan fingerprint density at radius 3 is 2.50 bits per heavy atom. The monoisotopic (exact) mass is 236 g/mol. The predicted molar refractivity (Wildman–Crippen MR) is 74.9 cm³/mol. The second-order valence-corrected chi connectivity index (χ2v) is 4.57. The van der Waals surface area contributed by atoms with E-state index in [9.17, 15) is 0 Å². The molecule has 0 aliphatic rings. The molecule has 2 nitrogen and oxygen atoms in total. The van der Waals surface area contributed by atoms with Crippen LogP contribution in [0.25, 0.3) is 0 Å². The van der Waals surface area contributed by atoms with Gasteiger partial charge in [0.05, 0.1) is 0 Å². The topological polar surface area (TPSA) is 38.0 Å². The van der Waals surface area contributed by atoms with Crippen molar-refractivity contribution in [3.63, 3.8) is 0 Å². The summed E-state index contributed by atoms with van der Waals surface area (Å²) in [5, 5.41) is 3.46. The zero-order valence-electron chi connectivity index (χ0n) is 9.99. The third kappa shape index (κ3) is 4.19. The molecule has 0 spiro atoms. The van der Waals surface area contributed by atoms with Crippen LogP contribution in [0.2, 0.25) is 0 Å². The first-order valence-corrected chi connectivity index (χ1v) is 6.20. The van der Waals surface area contributed by atoms with Gasteiger partial charge in [0.2, 0.25) is 0 Å². The highest BCUT2D eigenvalue weighted by molar-refractivity contribution is 7.80. The van der Waals surface area contributed by atoms with Crippen LogP contribution in [-0.2, 0) is 0 Å². The summed E-state index contributed by atoms with van der Waals surface area (Å²) < 4.78 is 0. The summed E-state index contributed by atoms with van der Waals surface area (Å²) >= 11 is 4.91. The van der Waals surface area contributed by atoms with Crippen LogP contribution in [0, 0.1) is 0 Å². The van der Waals surface area contributed by atoms with Crippen molar-refractivity contribution in [3.05, 3.63) is 29.8 Å². The second-order valence-electron chi connectivity index (χ2n) is 4.13. The smallest absolute Gasteiger partial charge is 0.103 e. The standard InChI is InChI=1S/C13H20N2S/c1-3-4-5-10(2)15-12-8-6-11(7-9-12)13(14)16/h6-10,15H,3-5H2,1-2H3,(H2,14,16). The molecule has 3 heteroatoms. The van der Waals surface area contributed by atoms with E-state index in [1.54, 1.807) is 0 Å². The van der Waals surface area contributed by atoms with Crippen molar-refractivity contribution in [1.29, 1.82) is 0 Å². The molecular weight excluding hydrogens is 216 g/mol. The first kappa shape index (κ1) is 13.0. The second kappa shape index (κ2) is 6.48. The number of anilines is 1.